The molecule has 1 fully saturated rings. The number of aryl methyl sites for hydroxylation is 1. The highest BCUT2D eigenvalue weighted by molar-refractivity contribution is 7.92. The Hall–Kier alpha value is -4.43. The maximum Gasteiger partial charge on any atom is 0.264 e. The van der Waals surface area contributed by atoms with E-state index < -0.39 is 28.5 Å². The molecule has 0 radical (unpaired) electrons. The normalized spacial score (nSPS) is 14.1. The zero-order valence-electron chi connectivity index (χ0n) is 25.0. The topological polar surface area (TPSA) is 86.8 Å². The van der Waals surface area contributed by atoms with Crippen molar-refractivity contribution in [2.45, 2.75) is 62.6 Å². The Kier molecular flexibility index (Phi) is 10.1. The number of nitrogens with one attached hydrogen (secondary N) is 1. The molecule has 1 aliphatic carbocycles. The number of anilines is 1. The van der Waals surface area contributed by atoms with Gasteiger partial charge >= 0.3 is 0 Å². The van der Waals surface area contributed by atoms with Crippen molar-refractivity contribution in [3.05, 3.63) is 132 Å². The molecule has 1 atom stereocenters. The van der Waals surface area contributed by atoms with E-state index in [-0.39, 0.29) is 23.4 Å². The molecule has 0 unspecified atom stereocenters. The van der Waals surface area contributed by atoms with Gasteiger partial charge in [0.05, 0.1) is 10.6 Å². The number of hydrogen-bond donors (Lipinski definition) is 1. The van der Waals surface area contributed by atoms with Crippen molar-refractivity contribution in [2.24, 2.45) is 0 Å². The fraction of sp³-hybridized carbons (Fsp3) is 0.278. The molecular weight excluding hydrogens is 570 g/mol. The summed E-state index contributed by atoms with van der Waals surface area (Å²) in [6.45, 7) is 1.52. The molecule has 0 aliphatic heterocycles. The van der Waals surface area contributed by atoms with Crippen molar-refractivity contribution < 1.29 is 18.0 Å². The molecule has 0 heterocycles. The standard InChI is InChI=1S/C36H39N3O4S/c1-28-15-11-14-24-33(28)39(44(42,43)32-22-9-4-10-23-32)27-35(40)38(26-30-18-7-3-8-19-30)34(25-29-16-5-2-6-17-29)36(41)37-31-20-12-13-21-31/h2-11,14-19,22-24,31,34H,12-13,20-21,25-27H2,1H3,(H,37,41)/t34-/m0/s1. The molecule has 1 aliphatic rings. The number of para-hydroxylation sites is 1. The van der Waals surface area contributed by atoms with Gasteiger partial charge in [-0.15, -0.1) is 0 Å². The van der Waals surface area contributed by atoms with Crippen molar-refractivity contribution in [3.8, 4) is 0 Å². The molecule has 8 heteroatoms. The second-order valence-electron chi connectivity index (χ2n) is 11.3. The Morgan fingerprint density at radius 1 is 0.773 bits per heavy atom. The zero-order valence-corrected chi connectivity index (χ0v) is 25.8. The summed E-state index contributed by atoms with van der Waals surface area (Å²) >= 11 is 0. The molecule has 4 aromatic rings. The van der Waals surface area contributed by atoms with E-state index in [0.29, 0.717) is 17.7 Å². The molecule has 4 aromatic carbocycles. The predicted octanol–water partition coefficient (Wildman–Crippen LogP) is 5.89. The minimum absolute atomic E-state index is 0.0661. The van der Waals surface area contributed by atoms with Crippen molar-refractivity contribution >= 4 is 27.5 Å². The minimum Gasteiger partial charge on any atom is -0.352 e. The molecule has 0 spiro atoms. The van der Waals surface area contributed by atoms with Gasteiger partial charge in [0.15, 0.2) is 0 Å². The lowest BCUT2D eigenvalue weighted by Crippen LogP contribution is -2.54. The highest BCUT2D eigenvalue weighted by atomic mass is 32.2. The Labute approximate surface area is 260 Å². The van der Waals surface area contributed by atoms with Crippen LogP contribution in [0.4, 0.5) is 5.69 Å². The molecule has 1 N–H and O–H groups in total. The number of amides is 2. The van der Waals surface area contributed by atoms with Gasteiger partial charge in [-0.3, -0.25) is 13.9 Å². The molecule has 228 valence electrons. The van der Waals surface area contributed by atoms with Gasteiger partial charge in [-0.2, -0.15) is 0 Å². The van der Waals surface area contributed by atoms with Crippen LogP contribution in [-0.2, 0) is 32.6 Å². The summed E-state index contributed by atoms with van der Waals surface area (Å²) in [6, 6.07) is 33.6. The SMILES string of the molecule is Cc1ccccc1N(CC(=O)N(Cc1ccccc1)[C@@H](Cc1ccccc1)C(=O)NC1CCCC1)S(=O)(=O)c1ccccc1. The summed E-state index contributed by atoms with van der Waals surface area (Å²) in [5.74, 6) is -0.683. The van der Waals surface area contributed by atoms with Crippen LogP contribution in [0, 0.1) is 6.92 Å². The number of nitrogens with zero attached hydrogens (tertiary/aromatic N) is 2. The third kappa shape index (κ3) is 7.55. The molecular formula is C36H39N3O4S. The molecule has 2 amide bonds. The highest BCUT2D eigenvalue weighted by Gasteiger charge is 2.35. The first-order chi connectivity index (χ1) is 21.3. The number of hydrogen-bond acceptors (Lipinski definition) is 4. The second-order valence-corrected chi connectivity index (χ2v) is 13.2. The Bertz CT molecular complexity index is 1640. The van der Waals surface area contributed by atoms with Crippen LogP contribution in [-0.4, -0.2) is 43.8 Å². The van der Waals surface area contributed by atoms with Crippen LogP contribution in [0.15, 0.2) is 120 Å². The van der Waals surface area contributed by atoms with Crippen molar-refractivity contribution in [1.82, 2.24) is 10.2 Å². The van der Waals surface area contributed by atoms with Crippen LogP contribution in [0.5, 0.6) is 0 Å². The minimum atomic E-state index is -4.12. The summed E-state index contributed by atoms with van der Waals surface area (Å²) in [6.07, 6.45) is 4.24. The molecule has 7 nitrogen and oxygen atoms in total. The Balaban J connectivity index is 1.55. The largest absolute Gasteiger partial charge is 0.352 e. The van der Waals surface area contributed by atoms with Gasteiger partial charge in [0.2, 0.25) is 11.8 Å². The van der Waals surface area contributed by atoms with E-state index >= 15 is 0 Å². The zero-order chi connectivity index (χ0) is 30.9. The molecule has 1 saturated carbocycles. The Morgan fingerprint density at radius 3 is 1.93 bits per heavy atom. The average Bonchev–Trinajstić information content (AvgIpc) is 3.56. The van der Waals surface area contributed by atoms with Crippen LogP contribution in [0.3, 0.4) is 0 Å². The maximum atomic E-state index is 14.5. The lowest BCUT2D eigenvalue weighted by atomic mass is 10.0. The maximum absolute atomic E-state index is 14.5. The fourth-order valence-corrected chi connectivity index (χ4v) is 7.28. The summed E-state index contributed by atoms with van der Waals surface area (Å²) < 4.78 is 29.4. The number of sulfonamides is 1. The third-order valence-corrected chi connectivity index (χ3v) is 9.94. The summed E-state index contributed by atoms with van der Waals surface area (Å²) in [5.41, 5.74) is 2.90. The van der Waals surface area contributed by atoms with Gasteiger partial charge in [-0.25, -0.2) is 8.42 Å². The number of carbonyl (C=O) groups excluding carboxylic acids is 2. The molecule has 0 saturated heterocycles. The van der Waals surface area contributed by atoms with Crippen LogP contribution in [0.25, 0.3) is 0 Å². The van der Waals surface area contributed by atoms with Crippen LogP contribution in [0.2, 0.25) is 0 Å². The van der Waals surface area contributed by atoms with Crippen molar-refractivity contribution in [3.63, 3.8) is 0 Å². The summed E-state index contributed by atoms with van der Waals surface area (Å²) in [4.78, 5) is 30.2. The second kappa shape index (κ2) is 14.4. The summed E-state index contributed by atoms with van der Waals surface area (Å²) in [7, 11) is -4.12. The summed E-state index contributed by atoms with van der Waals surface area (Å²) in [5, 5.41) is 3.21. The van der Waals surface area contributed by atoms with Crippen LogP contribution >= 0.6 is 0 Å². The van der Waals surface area contributed by atoms with Gasteiger partial charge in [-0.05, 0) is 54.7 Å². The van der Waals surface area contributed by atoms with E-state index in [4.69, 9.17) is 0 Å². The smallest absolute Gasteiger partial charge is 0.264 e. The number of carbonyl (C=O) groups is 2. The monoisotopic (exact) mass is 609 g/mol. The van der Waals surface area contributed by atoms with Gasteiger partial charge < -0.3 is 10.2 Å². The Morgan fingerprint density at radius 2 is 1.32 bits per heavy atom. The van der Waals surface area contributed by atoms with Gasteiger partial charge in [-0.1, -0.05) is 110 Å². The van der Waals surface area contributed by atoms with Crippen molar-refractivity contribution in [1.29, 1.82) is 0 Å². The lowest BCUT2D eigenvalue weighted by Gasteiger charge is -2.34. The molecule has 0 bridgehead atoms. The predicted molar refractivity (Wildman–Crippen MR) is 173 cm³/mol. The molecule has 44 heavy (non-hydrogen) atoms. The third-order valence-electron chi connectivity index (χ3n) is 8.16. The molecule has 5 rings (SSSR count). The number of rotatable bonds is 12. The van der Waals surface area contributed by atoms with Gasteiger partial charge in [0.25, 0.3) is 10.0 Å². The van der Waals surface area contributed by atoms with E-state index in [1.807, 2.05) is 79.7 Å². The van der Waals surface area contributed by atoms with Crippen molar-refractivity contribution in [2.75, 3.05) is 10.8 Å². The van der Waals surface area contributed by atoms with Gasteiger partial charge in [0.1, 0.15) is 12.6 Å². The first kappa shape index (κ1) is 31.0. The van der Waals surface area contributed by atoms with Crippen LogP contribution in [0.1, 0.15) is 42.4 Å². The van der Waals surface area contributed by atoms with E-state index in [9.17, 15) is 18.0 Å². The number of benzene rings is 4. The van der Waals surface area contributed by atoms with E-state index in [0.717, 1.165) is 36.8 Å². The average molecular weight is 610 g/mol. The lowest BCUT2D eigenvalue weighted by molar-refractivity contribution is -0.140. The fourth-order valence-electron chi connectivity index (χ4n) is 5.78. The van der Waals surface area contributed by atoms with E-state index in [1.54, 1.807) is 35.2 Å². The molecule has 0 aromatic heterocycles. The van der Waals surface area contributed by atoms with Gasteiger partial charge in [0, 0.05) is 19.0 Å². The first-order valence-electron chi connectivity index (χ1n) is 15.1. The van der Waals surface area contributed by atoms with E-state index in [1.165, 1.54) is 16.4 Å². The highest BCUT2D eigenvalue weighted by Crippen LogP contribution is 2.28. The first-order valence-corrected chi connectivity index (χ1v) is 16.6. The van der Waals surface area contributed by atoms with E-state index in [2.05, 4.69) is 5.32 Å². The quantitative estimate of drug-likeness (QED) is 0.217. The van der Waals surface area contributed by atoms with Crippen LogP contribution < -0.4 is 9.62 Å².